The van der Waals surface area contributed by atoms with Crippen LogP contribution in [0.1, 0.15) is 26.7 Å². The van der Waals surface area contributed by atoms with Crippen LogP contribution in [0.3, 0.4) is 0 Å². The summed E-state index contributed by atoms with van der Waals surface area (Å²) in [6.45, 7) is 3.78. The van der Waals surface area contributed by atoms with E-state index in [1.807, 2.05) is 26.0 Å². The zero-order valence-electron chi connectivity index (χ0n) is 10.4. The van der Waals surface area contributed by atoms with Crippen LogP contribution in [0.15, 0.2) is 12.2 Å². The summed E-state index contributed by atoms with van der Waals surface area (Å²) in [6.07, 6.45) is 5.43. The quantitative estimate of drug-likeness (QED) is 0.489. The van der Waals surface area contributed by atoms with Gasteiger partial charge < -0.3 is 9.05 Å². The molecule has 0 aliphatic carbocycles. The van der Waals surface area contributed by atoms with E-state index in [0.29, 0.717) is 0 Å². The Morgan fingerprint density at radius 1 is 1.38 bits per heavy atom. The molecular weight excluding hydrogens is 227 g/mol. The standard InChI is InChI=1S/C11H21O4P/c1-5-6-7-8-10(2)11(12)9-16(13,14-3)15-4/h5-6,10H,7-9H2,1-4H3/b6-5+. The molecular formula is C11H21O4P. The van der Waals surface area contributed by atoms with E-state index in [-0.39, 0.29) is 17.9 Å². The lowest BCUT2D eigenvalue weighted by Crippen LogP contribution is -2.16. The smallest absolute Gasteiger partial charge is 0.312 e. The van der Waals surface area contributed by atoms with E-state index in [2.05, 4.69) is 0 Å². The van der Waals surface area contributed by atoms with E-state index in [1.165, 1.54) is 14.2 Å². The number of Topliss-reactive ketones (excluding diaryl/α,β-unsaturated/α-hetero) is 1. The summed E-state index contributed by atoms with van der Waals surface area (Å²) in [4.78, 5) is 11.7. The van der Waals surface area contributed by atoms with Gasteiger partial charge in [-0.25, -0.2) is 0 Å². The molecule has 0 N–H and O–H groups in total. The molecule has 0 saturated carbocycles. The van der Waals surface area contributed by atoms with Crippen LogP contribution in [0.5, 0.6) is 0 Å². The predicted molar refractivity (Wildman–Crippen MR) is 64.7 cm³/mol. The molecule has 94 valence electrons. The molecule has 0 amide bonds. The largest absolute Gasteiger partial charge is 0.337 e. The average Bonchev–Trinajstić information content (AvgIpc) is 2.29. The Morgan fingerprint density at radius 3 is 2.38 bits per heavy atom. The van der Waals surface area contributed by atoms with E-state index in [4.69, 9.17) is 9.05 Å². The second kappa shape index (κ2) is 7.77. The number of allylic oxidation sites excluding steroid dienone is 2. The monoisotopic (exact) mass is 248 g/mol. The molecule has 1 atom stereocenters. The molecule has 0 aromatic heterocycles. The van der Waals surface area contributed by atoms with Gasteiger partial charge in [0, 0.05) is 20.1 Å². The Kier molecular flexibility index (Phi) is 7.56. The van der Waals surface area contributed by atoms with Crippen molar-refractivity contribution in [1.29, 1.82) is 0 Å². The minimum Gasteiger partial charge on any atom is -0.312 e. The fraction of sp³-hybridized carbons (Fsp3) is 0.727. The third kappa shape index (κ3) is 5.59. The minimum absolute atomic E-state index is 0.0727. The topological polar surface area (TPSA) is 52.6 Å². The van der Waals surface area contributed by atoms with Gasteiger partial charge in [-0.1, -0.05) is 19.1 Å². The highest BCUT2D eigenvalue weighted by atomic mass is 31.2. The maximum Gasteiger partial charge on any atom is 0.337 e. The first-order valence-electron chi connectivity index (χ1n) is 5.33. The zero-order valence-corrected chi connectivity index (χ0v) is 11.3. The third-order valence-electron chi connectivity index (χ3n) is 2.46. The summed E-state index contributed by atoms with van der Waals surface area (Å²) in [6, 6.07) is 0. The van der Waals surface area contributed by atoms with Crippen molar-refractivity contribution in [2.45, 2.75) is 26.7 Å². The lowest BCUT2D eigenvalue weighted by Gasteiger charge is -2.15. The first-order valence-corrected chi connectivity index (χ1v) is 7.06. The van der Waals surface area contributed by atoms with Crippen LogP contribution >= 0.6 is 7.60 Å². The number of hydrogen-bond acceptors (Lipinski definition) is 4. The molecule has 0 heterocycles. The highest BCUT2D eigenvalue weighted by Crippen LogP contribution is 2.46. The Morgan fingerprint density at radius 2 is 1.94 bits per heavy atom. The third-order valence-corrected chi connectivity index (χ3v) is 4.27. The van der Waals surface area contributed by atoms with Gasteiger partial charge in [0.2, 0.25) is 0 Å². The SMILES string of the molecule is C/C=C/CCC(C)C(=O)CP(=O)(OC)OC. The Labute approximate surface area is 97.6 Å². The van der Waals surface area contributed by atoms with Crippen LogP contribution in [0.4, 0.5) is 0 Å². The van der Waals surface area contributed by atoms with Crippen molar-refractivity contribution in [3.63, 3.8) is 0 Å². The van der Waals surface area contributed by atoms with E-state index in [9.17, 15) is 9.36 Å². The van der Waals surface area contributed by atoms with Crippen LogP contribution in [0.25, 0.3) is 0 Å². The minimum atomic E-state index is -3.20. The number of hydrogen-bond donors (Lipinski definition) is 0. The summed E-state index contributed by atoms with van der Waals surface area (Å²) < 4.78 is 21.2. The molecule has 0 radical (unpaired) electrons. The number of carbonyl (C=O) groups is 1. The van der Waals surface area contributed by atoms with Crippen molar-refractivity contribution in [2.24, 2.45) is 5.92 Å². The molecule has 0 bridgehead atoms. The molecule has 0 rings (SSSR count). The molecule has 0 aromatic rings. The van der Waals surface area contributed by atoms with Crippen LogP contribution in [0.2, 0.25) is 0 Å². The fourth-order valence-corrected chi connectivity index (χ4v) is 2.32. The highest BCUT2D eigenvalue weighted by Gasteiger charge is 2.27. The second-order valence-electron chi connectivity index (χ2n) is 3.65. The van der Waals surface area contributed by atoms with E-state index in [0.717, 1.165) is 12.8 Å². The number of ketones is 1. The van der Waals surface area contributed by atoms with Gasteiger partial charge in [-0.3, -0.25) is 9.36 Å². The van der Waals surface area contributed by atoms with Gasteiger partial charge in [-0.15, -0.1) is 0 Å². The Hall–Kier alpha value is -0.440. The number of carbonyl (C=O) groups excluding carboxylic acids is 1. The maximum atomic E-state index is 11.7. The van der Waals surface area contributed by atoms with Gasteiger partial charge in [-0.2, -0.15) is 0 Å². The van der Waals surface area contributed by atoms with Crippen molar-refractivity contribution in [1.82, 2.24) is 0 Å². The van der Waals surface area contributed by atoms with Crippen LogP contribution in [-0.4, -0.2) is 26.2 Å². The Bertz CT molecular complexity index is 278. The van der Waals surface area contributed by atoms with Crippen LogP contribution < -0.4 is 0 Å². The molecule has 0 spiro atoms. The van der Waals surface area contributed by atoms with Gasteiger partial charge in [-0.05, 0) is 19.8 Å². The van der Waals surface area contributed by atoms with E-state index < -0.39 is 7.60 Å². The molecule has 0 aliphatic heterocycles. The van der Waals surface area contributed by atoms with Gasteiger partial charge in [0.1, 0.15) is 11.9 Å². The predicted octanol–water partition coefficient (Wildman–Crippen LogP) is 3.03. The van der Waals surface area contributed by atoms with Gasteiger partial charge in [0.15, 0.2) is 0 Å². The summed E-state index contributed by atoms with van der Waals surface area (Å²) in [5, 5.41) is 0. The summed E-state index contributed by atoms with van der Waals surface area (Å²) in [5.41, 5.74) is 0. The molecule has 0 aromatic carbocycles. The lowest BCUT2D eigenvalue weighted by atomic mass is 10.0. The molecule has 4 nitrogen and oxygen atoms in total. The molecule has 0 aliphatic rings. The van der Waals surface area contributed by atoms with Crippen molar-refractivity contribution < 1.29 is 18.4 Å². The zero-order chi connectivity index (χ0) is 12.6. The van der Waals surface area contributed by atoms with Crippen LogP contribution in [0, 0.1) is 5.92 Å². The maximum absolute atomic E-state index is 11.7. The van der Waals surface area contributed by atoms with E-state index >= 15 is 0 Å². The molecule has 16 heavy (non-hydrogen) atoms. The summed E-state index contributed by atoms with van der Waals surface area (Å²) in [5.74, 6) is -0.189. The average molecular weight is 248 g/mol. The highest BCUT2D eigenvalue weighted by molar-refractivity contribution is 7.54. The van der Waals surface area contributed by atoms with Crippen molar-refractivity contribution in [3.8, 4) is 0 Å². The molecule has 1 unspecified atom stereocenters. The molecule has 5 heteroatoms. The summed E-state index contributed by atoms with van der Waals surface area (Å²) >= 11 is 0. The molecule has 0 fully saturated rings. The lowest BCUT2D eigenvalue weighted by molar-refractivity contribution is -0.120. The Balaban J connectivity index is 4.19. The number of rotatable bonds is 8. The second-order valence-corrected chi connectivity index (χ2v) is 5.92. The van der Waals surface area contributed by atoms with E-state index in [1.54, 1.807) is 0 Å². The van der Waals surface area contributed by atoms with Crippen molar-refractivity contribution in [2.75, 3.05) is 20.4 Å². The van der Waals surface area contributed by atoms with Gasteiger partial charge in [0.05, 0.1) is 0 Å². The molecule has 0 saturated heterocycles. The van der Waals surface area contributed by atoms with Gasteiger partial charge >= 0.3 is 7.60 Å². The first-order chi connectivity index (χ1) is 7.49. The van der Waals surface area contributed by atoms with Crippen molar-refractivity contribution in [3.05, 3.63) is 12.2 Å². The summed E-state index contributed by atoms with van der Waals surface area (Å²) in [7, 11) is -0.610. The first kappa shape index (κ1) is 15.6. The van der Waals surface area contributed by atoms with Gasteiger partial charge in [0.25, 0.3) is 0 Å². The fourth-order valence-electron chi connectivity index (χ4n) is 1.22. The van der Waals surface area contributed by atoms with Crippen molar-refractivity contribution >= 4 is 13.4 Å². The van der Waals surface area contributed by atoms with Crippen LogP contribution in [-0.2, 0) is 18.4 Å². The normalized spacial score (nSPS) is 14.2.